The molecule has 8 heteroatoms. The number of halogens is 3. The van der Waals surface area contributed by atoms with E-state index in [2.05, 4.69) is 4.98 Å². The number of ether oxygens (including phenoxy) is 1. The highest BCUT2D eigenvalue weighted by Crippen LogP contribution is 2.31. The molecule has 0 bridgehead atoms. The second-order valence-electron chi connectivity index (χ2n) is 4.15. The van der Waals surface area contributed by atoms with Crippen molar-refractivity contribution < 1.29 is 32.6 Å². The third kappa shape index (κ3) is 3.60. The maximum Gasteiger partial charge on any atom is 0.416 e. The highest BCUT2D eigenvalue weighted by Gasteiger charge is 2.30. The van der Waals surface area contributed by atoms with Gasteiger partial charge in [0.25, 0.3) is 0 Å². The number of nitrogens with zero attached hydrogens (tertiary/aromatic N) is 1. The number of hydrogen-bond acceptors (Lipinski definition) is 4. The average Bonchev–Trinajstić information content (AvgIpc) is 2.46. The molecule has 1 aromatic carbocycles. The summed E-state index contributed by atoms with van der Waals surface area (Å²) in [6.45, 7) is 0. The van der Waals surface area contributed by atoms with Crippen LogP contribution in [-0.2, 0) is 6.18 Å². The first-order valence-corrected chi connectivity index (χ1v) is 5.86. The highest BCUT2D eigenvalue weighted by atomic mass is 19.4. The third-order valence-corrected chi connectivity index (χ3v) is 2.59. The lowest BCUT2D eigenvalue weighted by molar-refractivity contribution is -0.137. The summed E-state index contributed by atoms with van der Waals surface area (Å²) in [6, 6.07) is 6.10. The number of alkyl halides is 3. The summed E-state index contributed by atoms with van der Waals surface area (Å²) >= 11 is 0. The van der Waals surface area contributed by atoms with E-state index in [1.165, 1.54) is 6.07 Å². The number of esters is 1. The number of hydrogen-bond donors (Lipinski definition) is 1. The van der Waals surface area contributed by atoms with Crippen molar-refractivity contribution in [2.45, 2.75) is 6.18 Å². The van der Waals surface area contributed by atoms with E-state index in [-0.39, 0.29) is 17.0 Å². The van der Waals surface area contributed by atoms with Crippen LogP contribution in [0.25, 0.3) is 0 Å². The van der Waals surface area contributed by atoms with E-state index >= 15 is 0 Å². The molecule has 0 saturated carbocycles. The number of carboxylic acid groups (broad SMARTS) is 1. The van der Waals surface area contributed by atoms with E-state index in [0.717, 1.165) is 30.5 Å². The Morgan fingerprint density at radius 3 is 2.41 bits per heavy atom. The van der Waals surface area contributed by atoms with Crippen LogP contribution in [0.2, 0.25) is 0 Å². The minimum Gasteiger partial charge on any atom is -0.477 e. The first-order chi connectivity index (χ1) is 10.3. The molecule has 0 radical (unpaired) electrons. The summed E-state index contributed by atoms with van der Waals surface area (Å²) in [5.74, 6) is -2.48. The zero-order valence-electron chi connectivity index (χ0n) is 10.8. The fourth-order valence-electron chi connectivity index (χ4n) is 1.54. The first kappa shape index (κ1) is 15.5. The van der Waals surface area contributed by atoms with Crippen LogP contribution >= 0.6 is 0 Å². The molecule has 1 aromatic heterocycles. The van der Waals surface area contributed by atoms with Gasteiger partial charge < -0.3 is 9.84 Å². The minimum absolute atomic E-state index is 0.0811. The van der Waals surface area contributed by atoms with Crippen LogP contribution in [0.4, 0.5) is 13.2 Å². The van der Waals surface area contributed by atoms with Gasteiger partial charge in [-0.05, 0) is 30.3 Å². The third-order valence-electron chi connectivity index (χ3n) is 2.59. The molecule has 0 unspecified atom stereocenters. The molecule has 0 aliphatic carbocycles. The Kier molecular flexibility index (Phi) is 4.11. The monoisotopic (exact) mass is 311 g/mol. The van der Waals surface area contributed by atoms with Gasteiger partial charge in [0.05, 0.1) is 11.1 Å². The van der Waals surface area contributed by atoms with Gasteiger partial charge in [0.15, 0.2) is 0 Å². The number of benzene rings is 1. The van der Waals surface area contributed by atoms with Gasteiger partial charge in [0, 0.05) is 6.20 Å². The van der Waals surface area contributed by atoms with Gasteiger partial charge in [0.2, 0.25) is 0 Å². The molecule has 22 heavy (non-hydrogen) atoms. The summed E-state index contributed by atoms with van der Waals surface area (Å²) in [7, 11) is 0. The second-order valence-corrected chi connectivity index (χ2v) is 4.15. The maximum atomic E-state index is 12.5. The number of aromatic carboxylic acids is 1. The quantitative estimate of drug-likeness (QED) is 0.696. The molecule has 1 N–H and O–H groups in total. The van der Waals surface area contributed by atoms with Crippen molar-refractivity contribution in [3.05, 3.63) is 59.4 Å². The normalized spacial score (nSPS) is 11.0. The molecular formula is C14H8F3NO4. The van der Waals surface area contributed by atoms with E-state index in [4.69, 9.17) is 9.84 Å². The predicted octanol–water partition coefficient (Wildman–Crippen LogP) is 3.02. The van der Waals surface area contributed by atoms with Crippen LogP contribution in [0.5, 0.6) is 5.75 Å². The van der Waals surface area contributed by atoms with Gasteiger partial charge in [0.1, 0.15) is 11.4 Å². The zero-order chi connectivity index (χ0) is 16.3. The fraction of sp³-hybridized carbons (Fsp3) is 0.0714. The average molecular weight is 311 g/mol. The molecule has 2 rings (SSSR count). The largest absolute Gasteiger partial charge is 0.477 e. The molecule has 0 fully saturated rings. The van der Waals surface area contributed by atoms with Crippen LogP contribution in [0.15, 0.2) is 42.6 Å². The predicted molar refractivity (Wildman–Crippen MR) is 67.6 cm³/mol. The molecule has 5 nitrogen and oxygen atoms in total. The molecule has 2 aromatic rings. The zero-order valence-corrected chi connectivity index (χ0v) is 10.8. The topological polar surface area (TPSA) is 76.5 Å². The van der Waals surface area contributed by atoms with Gasteiger partial charge in [-0.15, -0.1) is 0 Å². The smallest absolute Gasteiger partial charge is 0.416 e. The SMILES string of the molecule is O=C(Oc1cccc(C(F)(F)F)c1)c1ccc(C(=O)O)nc1. The molecule has 0 saturated heterocycles. The van der Waals surface area contributed by atoms with Gasteiger partial charge in [-0.1, -0.05) is 6.07 Å². The van der Waals surface area contributed by atoms with Crippen molar-refractivity contribution in [2.75, 3.05) is 0 Å². The standard InChI is InChI=1S/C14H8F3NO4/c15-14(16,17)9-2-1-3-10(6-9)22-13(21)8-4-5-11(12(19)20)18-7-8/h1-7H,(H,19,20). The molecular weight excluding hydrogens is 303 g/mol. The second kappa shape index (κ2) is 5.84. The van der Waals surface area contributed by atoms with E-state index in [1.54, 1.807) is 0 Å². The lowest BCUT2D eigenvalue weighted by Crippen LogP contribution is -2.11. The molecule has 114 valence electrons. The van der Waals surface area contributed by atoms with Crippen LogP contribution in [0.3, 0.4) is 0 Å². The Morgan fingerprint density at radius 1 is 1.14 bits per heavy atom. The number of carbonyl (C=O) groups is 2. The Balaban J connectivity index is 2.17. The molecule has 0 spiro atoms. The van der Waals surface area contributed by atoms with Crippen LogP contribution in [0, 0.1) is 0 Å². The van der Waals surface area contributed by atoms with E-state index in [0.29, 0.717) is 6.07 Å². The lowest BCUT2D eigenvalue weighted by Gasteiger charge is -2.09. The van der Waals surface area contributed by atoms with Crippen molar-refractivity contribution in [1.82, 2.24) is 4.98 Å². The van der Waals surface area contributed by atoms with Crippen molar-refractivity contribution in [2.24, 2.45) is 0 Å². The molecule has 0 aliphatic heterocycles. The minimum atomic E-state index is -4.55. The summed E-state index contributed by atoms with van der Waals surface area (Å²) in [4.78, 5) is 25.9. The molecule has 0 amide bonds. The van der Waals surface area contributed by atoms with Gasteiger partial charge in [-0.3, -0.25) is 0 Å². The molecule has 0 aliphatic rings. The summed E-state index contributed by atoms with van der Waals surface area (Å²) in [5.41, 5.74) is -1.30. The Labute approximate surface area is 122 Å². The van der Waals surface area contributed by atoms with E-state index in [1.807, 2.05) is 0 Å². The molecule has 0 atom stereocenters. The van der Waals surface area contributed by atoms with E-state index < -0.39 is 23.7 Å². The van der Waals surface area contributed by atoms with Crippen LogP contribution in [-0.4, -0.2) is 22.0 Å². The van der Waals surface area contributed by atoms with Crippen molar-refractivity contribution in [1.29, 1.82) is 0 Å². The number of rotatable bonds is 3. The Morgan fingerprint density at radius 2 is 1.86 bits per heavy atom. The molecule has 1 heterocycles. The Bertz CT molecular complexity index is 711. The Hall–Kier alpha value is -2.90. The van der Waals surface area contributed by atoms with Crippen LogP contribution < -0.4 is 4.74 Å². The fourth-order valence-corrected chi connectivity index (χ4v) is 1.54. The lowest BCUT2D eigenvalue weighted by atomic mass is 10.2. The number of pyridine rings is 1. The highest BCUT2D eigenvalue weighted by molar-refractivity contribution is 5.92. The van der Waals surface area contributed by atoms with Crippen LogP contribution in [0.1, 0.15) is 26.4 Å². The van der Waals surface area contributed by atoms with Gasteiger partial charge in [-0.2, -0.15) is 13.2 Å². The first-order valence-electron chi connectivity index (χ1n) is 5.86. The number of aromatic nitrogens is 1. The van der Waals surface area contributed by atoms with Gasteiger partial charge >= 0.3 is 18.1 Å². The van der Waals surface area contributed by atoms with Gasteiger partial charge in [-0.25, -0.2) is 14.6 Å². The van der Waals surface area contributed by atoms with E-state index in [9.17, 15) is 22.8 Å². The number of carboxylic acids is 1. The summed E-state index contributed by atoms with van der Waals surface area (Å²) in [5, 5.41) is 8.67. The maximum absolute atomic E-state index is 12.5. The van der Waals surface area contributed by atoms with Crippen molar-refractivity contribution in [3.63, 3.8) is 0 Å². The van der Waals surface area contributed by atoms with Crippen molar-refractivity contribution >= 4 is 11.9 Å². The van der Waals surface area contributed by atoms with Crippen molar-refractivity contribution in [3.8, 4) is 5.75 Å². The summed E-state index contributed by atoms with van der Waals surface area (Å²) in [6.07, 6.45) is -3.58. The number of carbonyl (C=O) groups excluding carboxylic acids is 1. The summed E-state index contributed by atoms with van der Waals surface area (Å²) < 4.78 is 42.4.